The number of piperidine rings is 1. The van der Waals surface area contributed by atoms with Gasteiger partial charge in [-0.3, -0.25) is 0 Å². The molecule has 18 heavy (non-hydrogen) atoms. The van der Waals surface area contributed by atoms with E-state index < -0.39 is 17.7 Å². The van der Waals surface area contributed by atoms with E-state index in [9.17, 15) is 14.7 Å². The Morgan fingerprint density at radius 3 is 2.72 bits per heavy atom. The quantitative estimate of drug-likeness (QED) is 0.641. The van der Waals surface area contributed by atoms with Crippen LogP contribution in [0.1, 0.15) is 19.8 Å². The summed E-state index contributed by atoms with van der Waals surface area (Å²) in [5.41, 5.74) is -0.872. The van der Waals surface area contributed by atoms with Crippen LogP contribution in [0.15, 0.2) is 0 Å². The number of hydrogen-bond acceptors (Lipinski definition) is 4. The number of nitrogens with one attached hydrogen (secondary N) is 1. The summed E-state index contributed by atoms with van der Waals surface area (Å²) in [5.74, 6) is -1.12. The van der Waals surface area contributed by atoms with E-state index in [2.05, 4.69) is 5.32 Å². The van der Waals surface area contributed by atoms with Crippen LogP contribution in [-0.2, 0) is 9.53 Å². The van der Waals surface area contributed by atoms with Crippen LogP contribution in [0.4, 0.5) is 4.79 Å². The smallest absolute Gasteiger partial charge is 0.334 e. The second kappa shape index (κ2) is 6.01. The van der Waals surface area contributed by atoms with Crippen LogP contribution in [0, 0.1) is 0 Å². The number of carboxylic acids is 1. The third-order valence-electron chi connectivity index (χ3n) is 2.96. The van der Waals surface area contributed by atoms with Crippen LogP contribution < -0.4 is 5.32 Å². The van der Waals surface area contributed by atoms with Gasteiger partial charge >= 0.3 is 12.0 Å². The Morgan fingerprint density at radius 2 is 2.22 bits per heavy atom. The molecule has 1 saturated heterocycles. The van der Waals surface area contributed by atoms with Gasteiger partial charge in [0.1, 0.15) is 0 Å². The number of β-amino-alcohol motifs (C(OH)–C–C–N with tert-alkyl or cyclic N) is 1. The lowest BCUT2D eigenvalue weighted by molar-refractivity contribution is -0.148. The number of carbonyl (C=O) groups excluding carboxylic acids is 1. The molecule has 0 aliphatic carbocycles. The lowest BCUT2D eigenvalue weighted by Gasteiger charge is -2.36. The number of hydrogen-bond donors (Lipinski definition) is 3. The Kier molecular flexibility index (Phi) is 4.92. The van der Waals surface area contributed by atoms with Crippen molar-refractivity contribution in [3.8, 4) is 0 Å². The maximum atomic E-state index is 11.8. The summed E-state index contributed by atoms with van der Waals surface area (Å²) in [6.45, 7) is 2.40. The van der Waals surface area contributed by atoms with E-state index in [-0.39, 0.29) is 19.1 Å². The van der Waals surface area contributed by atoms with Crippen LogP contribution in [0.25, 0.3) is 0 Å². The first-order valence-electron chi connectivity index (χ1n) is 5.86. The molecular formula is C11H20N2O5. The van der Waals surface area contributed by atoms with Crippen molar-refractivity contribution in [2.24, 2.45) is 0 Å². The number of ether oxygens (including phenoxy) is 1. The monoisotopic (exact) mass is 260 g/mol. The Morgan fingerprint density at radius 1 is 1.56 bits per heavy atom. The predicted molar refractivity (Wildman–Crippen MR) is 63.3 cm³/mol. The third kappa shape index (κ3) is 4.15. The molecule has 7 heteroatoms. The van der Waals surface area contributed by atoms with Gasteiger partial charge in [0, 0.05) is 13.7 Å². The number of rotatable bonds is 4. The molecule has 0 spiro atoms. The number of carboxylic acid groups (broad SMARTS) is 1. The highest BCUT2D eigenvalue weighted by molar-refractivity contribution is 5.77. The predicted octanol–water partition coefficient (Wildman–Crippen LogP) is -0.358. The molecule has 0 aromatic heterocycles. The van der Waals surface area contributed by atoms with Crippen LogP contribution in [0.2, 0.25) is 0 Å². The van der Waals surface area contributed by atoms with Crippen molar-refractivity contribution < 1.29 is 24.5 Å². The average Bonchev–Trinajstić information content (AvgIpc) is 2.27. The second-order valence-corrected chi connectivity index (χ2v) is 4.77. The molecule has 3 N–H and O–H groups in total. The minimum absolute atomic E-state index is 0.0939. The summed E-state index contributed by atoms with van der Waals surface area (Å²) < 4.78 is 4.71. The van der Waals surface area contributed by atoms with Gasteiger partial charge in [0.25, 0.3) is 0 Å². The summed E-state index contributed by atoms with van der Waals surface area (Å²) in [6.07, 6.45) is 0.332. The van der Waals surface area contributed by atoms with Gasteiger partial charge in [0.05, 0.1) is 18.7 Å². The van der Waals surface area contributed by atoms with Crippen LogP contribution >= 0.6 is 0 Å². The van der Waals surface area contributed by atoms with Crippen LogP contribution in [0.5, 0.6) is 0 Å². The lowest BCUT2D eigenvalue weighted by atomic mass is 9.95. The fourth-order valence-electron chi connectivity index (χ4n) is 1.96. The molecule has 1 heterocycles. The highest BCUT2D eigenvalue weighted by Gasteiger charge is 2.31. The number of urea groups is 1. The molecule has 2 amide bonds. The number of amides is 2. The Balaban J connectivity index is 2.43. The van der Waals surface area contributed by atoms with Gasteiger partial charge in [-0.05, 0) is 19.8 Å². The van der Waals surface area contributed by atoms with Gasteiger partial charge in [-0.25, -0.2) is 9.59 Å². The summed E-state index contributed by atoms with van der Waals surface area (Å²) in [6, 6.07) is -0.377. The Bertz CT molecular complexity index is 319. The van der Waals surface area contributed by atoms with E-state index in [0.29, 0.717) is 13.0 Å². The van der Waals surface area contributed by atoms with Crippen molar-refractivity contribution in [2.45, 2.75) is 31.5 Å². The number of carbonyl (C=O) groups is 2. The number of nitrogens with zero attached hydrogens (tertiary/aromatic N) is 1. The molecule has 0 radical (unpaired) electrons. The van der Waals surface area contributed by atoms with Gasteiger partial charge in [-0.15, -0.1) is 0 Å². The minimum Gasteiger partial charge on any atom is -0.479 e. The van der Waals surface area contributed by atoms with E-state index in [4.69, 9.17) is 9.84 Å². The summed E-state index contributed by atoms with van der Waals surface area (Å²) >= 11 is 0. The zero-order chi connectivity index (χ0) is 13.8. The second-order valence-electron chi connectivity index (χ2n) is 4.77. The molecule has 104 valence electrons. The summed E-state index contributed by atoms with van der Waals surface area (Å²) in [4.78, 5) is 24.0. The molecule has 0 saturated carbocycles. The molecule has 1 rings (SSSR count). The standard InChI is InChI=1S/C11H20N2O5/c1-11(17)4-3-5-13(7-11)10(16)12-6-8(18-2)9(14)15/h8,17H,3-7H2,1-2H3,(H,12,16)(H,14,15). The van der Waals surface area contributed by atoms with Crippen LogP contribution in [-0.4, -0.2) is 65.6 Å². The van der Waals surface area contributed by atoms with Crippen molar-refractivity contribution in [1.29, 1.82) is 0 Å². The van der Waals surface area contributed by atoms with Crippen LogP contribution in [0.3, 0.4) is 0 Å². The van der Waals surface area contributed by atoms with E-state index in [1.165, 1.54) is 12.0 Å². The first kappa shape index (κ1) is 14.7. The first-order valence-corrected chi connectivity index (χ1v) is 5.86. The lowest BCUT2D eigenvalue weighted by Crippen LogP contribution is -2.53. The summed E-state index contributed by atoms with van der Waals surface area (Å²) in [5, 5.41) is 21.1. The maximum absolute atomic E-state index is 11.8. The van der Waals surface area contributed by atoms with Gasteiger partial charge in [-0.1, -0.05) is 0 Å². The molecule has 1 aliphatic rings. The average molecular weight is 260 g/mol. The van der Waals surface area contributed by atoms with E-state index in [0.717, 1.165) is 6.42 Å². The molecule has 0 aromatic rings. The van der Waals surface area contributed by atoms with Gasteiger partial charge in [-0.2, -0.15) is 0 Å². The molecule has 2 atom stereocenters. The van der Waals surface area contributed by atoms with Crippen molar-refractivity contribution in [3.63, 3.8) is 0 Å². The highest BCUT2D eigenvalue weighted by Crippen LogP contribution is 2.19. The minimum atomic E-state index is -1.12. The number of likely N-dealkylation sites (tertiary alicyclic amines) is 1. The van der Waals surface area contributed by atoms with E-state index in [1.54, 1.807) is 6.92 Å². The van der Waals surface area contributed by atoms with E-state index in [1.807, 2.05) is 0 Å². The number of methoxy groups -OCH3 is 1. The summed E-state index contributed by atoms with van der Waals surface area (Å²) in [7, 11) is 1.27. The number of aliphatic hydroxyl groups is 1. The number of aliphatic carboxylic acids is 1. The SMILES string of the molecule is COC(CNC(=O)N1CCCC(C)(O)C1)C(=O)O. The molecule has 1 fully saturated rings. The highest BCUT2D eigenvalue weighted by atomic mass is 16.5. The Labute approximate surface area is 106 Å². The molecule has 2 unspecified atom stereocenters. The Hall–Kier alpha value is -1.34. The van der Waals surface area contributed by atoms with Crippen molar-refractivity contribution in [2.75, 3.05) is 26.7 Å². The molecular weight excluding hydrogens is 240 g/mol. The molecule has 0 bridgehead atoms. The molecule has 0 aromatic carbocycles. The zero-order valence-electron chi connectivity index (χ0n) is 10.7. The van der Waals surface area contributed by atoms with E-state index >= 15 is 0 Å². The molecule has 1 aliphatic heterocycles. The zero-order valence-corrected chi connectivity index (χ0v) is 10.7. The molecule has 7 nitrogen and oxygen atoms in total. The first-order chi connectivity index (χ1) is 8.35. The maximum Gasteiger partial charge on any atom is 0.334 e. The normalized spacial score (nSPS) is 25.6. The van der Waals surface area contributed by atoms with Gasteiger partial charge < -0.3 is 25.2 Å². The van der Waals surface area contributed by atoms with Crippen molar-refractivity contribution in [3.05, 3.63) is 0 Å². The fraction of sp³-hybridized carbons (Fsp3) is 0.818. The largest absolute Gasteiger partial charge is 0.479 e. The van der Waals surface area contributed by atoms with Crippen molar-refractivity contribution >= 4 is 12.0 Å². The topological polar surface area (TPSA) is 99.1 Å². The third-order valence-corrected chi connectivity index (χ3v) is 2.96. The van der Waals surface area contributed by atoms with Crippen molar-refractivity contribution in [1.82, 2.24) is 10.2 Å². The fourth-order valence-corrected chi connectivity index (χ4v) is 1.96. The van der Waals surface area contributed by atoms with Gasteiger partial charge in [0.15, 0.2) is 6.10 Å². The van der Waals surface area contributed by atoms with Gasteiger partial charge in [0.2, 0.25) is 0 Å².